The van der Waals surface area contributed by atoms with Crippen LogP contribution in [0.2, 0.25) is 0 Å². The Bertz CT molecular complexity index is 41.4. The van der Waals surface area contributed by atoms with E-state index in [9.17, 15) is 0 Å². The number of nitrogens with two attached hydrogens (primary N) is 1. The summed E-state index contributed by atoms with van der Waals surface area (Å²) in [7, 11) is 0. The van der Waals surface area contributed by atoms with Crippen LogP contribution < -0.4 is 0 Å². The molecule has 0 aliphatic carbocycles. The van der Waals surface area contributed by atoms with E-state index in [1.807, 2.05) is 0 Å². The second kappa shape index (κ2) is 13.6. The van der Waals surface area contributed by atoms with E-state index >= 15 is 0 Å². The molecule has 2 N–H and O–H groups in total. The molecule has 0 aromatic heterocycles. The predicted molar refractivity (Wildman–Crippen MR) is 60.3 cm³/mol. The molecule has 66 valence electrons. The fourth-order valence-electron chi connectivity index (χ4n) is 0.736. The largest absolute Gasteiger partial charge is 0.693 e. The van der Waals surface area contributed by atoms with Gasteiger partial charge >= 0.3 is 49.9 Å². The van der Waals surface area contributed by atoms with Gasteiger partial charge in [0, 0.05) is 0 Å². The van der Waals surface area contributed by atoms with Crippen LogP contribution in [-0.4, -0.2) is 13.1 Å². The number of piperidine rings is 1. The maximum Gasteiger partial charge on any atom is -0.693 e. The number of nitrogens with zero attached hydrogens (tertiary/aromatic N) is 1. The van der Waals surface area contributed by atoms with Crippen molar-refractivity contribution in [3.8, 4) is 0 Å². The van der Waals surface area contributed by atoms with E-state index in [0.29, 0.717) is 11.2 Å². The SMILES string of the molecule is C1CC[N-]CC1.[I][Pt+2][I].[NH2-]. The van der Waals surface area contributed by atoms with Gasteiger partial charge in [-0.2, -0.15) is 0 Å². The molecule has 1 saturated heterocycles. The van der Waals surface area contributed by atoms with E-state index in [2.05, 4.69) is 44.0 Å². The molecule has 0 atom stereocenters. The van der Waals surface area contributed by atoms with Gasteiger partial charge in [-0.1, -0.05) is 19.3 Å². The summed E-state index contributed by atoms with van der Waals surface area (Å²) in [6.07, 6.45) is 4.07. The molecule has 0 amide bonds. The Hall–Kier alpha value is 2.07. The van der Waals surface area contributed by atoms with E-state index in [-0.39, 0.29) is 6.15 Å². The number of hydrogen-bond acceptors (Lipinski definition) is 0. The van der Waals surface area contributed by atoms with Gasteiger partial charge in [0.05, 0.1) is 0 Å². The first kappa shape index (κ1) is 14.6. The third-order valence-electron chi connectivity index (χ3n) is 1.13. The van der Waals surface area contributed by atoms with Crippen molar-refractivity contribution in [1.82, 2.24) is 0 Å². The van der Waals surface area contributed by atoms with E-state index < -0.39 is 0 Å². The molecule has 0 bridgehead atoms. The zero-order valence-corrected chi connectivity index (χ0v) is 12.2. The molecule has 1 aliphatic rings. The molecule has 0 unspecified atom stereocenters. The van der Waals surface area contributed by atoms with Crippen molar-refractivity contribution >= 4 is 38.7 Å². The van der Waals surface area contributed by atoms with Crippen LogP contribution in [0.4, 0.5) is 0 Å². The maximum atomic E-state index is 4.18. The Labute approximate surface area is 92.4 Å². The molecule has 1 aliphatic heterocycles. The predicted octanol–water partition coefficient (Wildman–Crippen LogP) is 4.03. The monoisotopic (exact) mass is 549 g/mol. The smallest absolute Gasteiger partial charge is 0.693 e. The zero-order chi connectivity index (χ0) is 6.95. The summed E-state index contributed by atoms with van der Waals surface area (Å²) in [5.74, 6) is 0. The maximum absolute atomic E-state index is 4.18. The number of halogens is 2. The molecular formula is C5H12I2N2Pt. The fraction of sp³-hybridized carbons (Fsp3) is 1.00. The third kappa shape index (κ3) is 12.7. The van der Waals surface area contributed by atoms with Gasteiger partial charge < -0.3 is 11.5 Å². The summed E-state index contributed by atoms with van der Waals surface area (Å²) in [5.41, 5.74) is 0. The minimum absolute atomic E-state index is 0. The standard InChI is InChI=1S/C5H10N.2HI.H2N.Pt/c1-2-4-6-5-3-1;;;;/h1-5H2;2*1H;1H2;/q-1;;;-1;+4/p-2. The van der Waals surface area contributed by atoms with Crippen LogP contribution in [0, 0.1) is 0 Å². The fourth-order valence-corrected chi connectivity index (χ4v) is 0.736. The normalized spacial score (nSPS) is 16.6. The Morgan fingerprint density at radius 2 is 1.40 bits per heavy atom. The van der Waals surface area contributed by atoms with Crippen molar-refractivity contribution in [3.05, 3.63) is 11.5 Å². The topological polar surface area (TPSA) is 47.6 Å². The van der Waals surface area contributed by atoms with Gasteiger partial charge in [-0.25, -0.2) is 0 Å². The molecule has 10 heavy (non-hydrogen) atoms. The van der Waals surface area contributed by atoms with Crippen LogP contribution in [-0.2, 0) is 11.2 Å². The van der Waals surface area contributed by atoms with Gasteiger partial charge in [-0.05, 0) is 0 Å². The van der Waals surface area contributed by atoms with Crippen molar-refractivity contribution in [1.29, 1.82) is 0 Å². The van der Waals surface area contributed by atoms with E-state index in [0.717, 1.165) is 13.1 Å². The second-order valence-corrected chi connectivity index (χ2v) is 18.4. The zero-order valence-electron chi connectivity index (χ0n) is 5.63. The van der Waals surface area contributed by atoms with Crippen LogP contribution in [0.25, 0.3) is 11.5 Å². The van der Waals surface area contributed by atoms with Crippen LogP contribution in [0.5, 0.6) is 0 Å². The summed E-state index contributed by atoms with van der Waals surface area (Å²) < 4.78 is 0. The van der Waals surface area contributed by atoms with Gasteiger partial charge in [0.25, 0.3) is 0 Å². The first-order chi connectivity index (χ1) is 4.41. The summed E-state index contributed by atoms with van der Waals surface area (Å²) in [4.78, 5) is 0. The summed E-state index contributed by atoms with van der Waals surface area (Å²) in [6.45, 7) is 2.25. The number of hydrogen-bond donors (Lipinski definition) is 0. The Morgan fingerprint density at radius 1 is 1.00 bits per heavy atom. The summed E-state index contributed by atoms with van der Waals surface area (Å²) in [5, 5.41) is 4.18. The average Bonchev–Trinajstić information content (AvgIpc) is 1.93. The second-order valence-electron chi connectivity index (χ2n) is 1.78. The Kier molecular flexibility index (Phi) is 19.9. The Morgan fingerprint density at radius 3 is 1.50 bits per heavy atom. The number of rotatable bonds is 0. The van der Waals surface area contributed by atoms with Crippen LogP contribution in [0.3, 0.4) is 0 Å². The van der Waals surface area contributed by atoms with E-state index in [1.54, 1.807) is 0 Å². The molecule has 0 radical (unpaired) electrons. The molecule has 2 nitrogen and oxygen atoms in total. The van der Waals surface area contributed by atoms with Crippen molar-refractivity contribution in [2.75, 3.05) is 13.1 Å². The molecule has 0 saturated carbocycles. The van der Waals surface area contributed by atoms with Crippen LogP contribution in [0.1, 0.15) is 19.3 Å². The van der Waals surface area contributed by atoms with Gasteiger partial charge in [-0.15, -0.1) is 13.1 Å². The first-order valence-corrected chi connectivity index (χ1v) is 15.8. The molecule has 0 spiro atoms. The van der Waals surface area contributed by atoms with Gasteiger partial charge in [0.1, 0.15) is 0 Å². The van der Waals surface area contributed by atoms with Crippen LogP contribution in [0.15, 0.2) is 0 Å². The molecule has 1 fully saturated rings. The van der Waals surface area contributed by atoms with Crippen molar-refractivity contribution in [2.45, 2.75) is 19.3 Å². The molecule has 1 heterocycles. The molecule has 1 rings (SSSR count). The van der Waals surface area contributed by atoms with Gasteiger partial charge in [0.15, 0.2) is 0 Å². The minimum atomic E-state index is 0. The van der Waals surface area contributed by atoms with Gasteiger partial charge in [0.2, 0.25) is 0 Å². The third-order valence-corrected chi connectivity index (χ3v) is 1.13. The quantitative estimate of drug-likeness (QED) is 0.411. The molecule has 5 heteroatoms. The van der Waals surface area contributed by atoms with Gasteiger partial charge in [-0.3, -0.25) is 0 Å². The first-order valence-electron chi connectivity index (χ1n) is 2.87. The molecule has 0 aromatic rings. The summed E-state index contributed by atoms with van der Waals surface area (Å²) >= 11 is 5.30. The molecule has 0 aromatic carbocycles. The van der Waals surface area contributed by atoms with Crippen molar-refractivity contribution < 1.29 is 11.2 Å². The van der Waals surface area contributed by atoms with Crippen molar-refractivity contribution in [3.63, 3.8) is 0 Å². The molecular weight excluding hydrogens is 537 g/mol. The average molecular weight is 549 g/mol. The van der Waals surface area contributed by atoms with Crippen LogP contribution >= 0.6 is 38.7 Å². The summed E-state index contributed by atoms with van der Waals surface area (Å²) in [6, 6.07) is 0. The van der Waals surface area contributed by atoms with E-state index in [1.165, 1.54) is 19.3 Å². The Balaban J connectivity index is 0. The van der Waals surface area contributed by atoms with Crippen molar-refractivity contribution in [2.24, 2.45) is 0 Å². The van der Waals surface area contributed by atoms with E-state index in [4.69, 9.17) is 0 Å². The minimum Gasteiger partial charge on any atom is -0.693 e.